The summed E-state index contributed by atoms with van der Waals surface area (Å²) in [7, 11) is 0. The molecule has 0 aliphatic heterocycles. The van der Waals surface area contributed by atoms with E-state index in [9.17, 15) is 4.79 Å². The third-order valence-electron chi connectivity index (χ3n) is 2.66. The number of benzene rings is 1. The average molecular weight is 282 g/mol. The maximum Gasteiger partial charge on any atom is 0.321 e. The SMILES string of the molecule is CCOC(=O)C(C)(C)Sc1cccc(CCCO)c1. The second-order valence-corrected chi connectivity index (χ2v) is 6.50. The summed E-state index contributed by atoms with van der Waals surface area (Å²) in [6, 6.07) is 8.09. The largest absolute Gasteiger partial charge is 0.465 e. The number of rotatable bonds is 7. The van der Waals surface area contributed by atoms with E-state index in [2.05, 4.69) is 6.07 Å². The van der Waals surface area contributed by atoms with E-state index >= 15 is 0 Å². The lowest BCUT2D eigenvalue weighted by Gasteiger charge is -2.21. The molecule has 3 nitrogen and oxygen atoms in total. The van der Waals surface area contributed by atoms with Gasteiger partial charge >= 0.3 is 5.97 Å². The summed E-state index contributed by atoms with van der Waals surface area (Å²) in [5.74, 6) is -0.194. The van der Waals surface area contributed by atoms with Crippen molar-refractivity contribution < 1.29 is 14.6 Å². The number of hydrogen-bond donors (Lipinski definition) is 1. The van der Waals surface area contributed by atoms with Gasteiger partial charge in [0.05, 0.1) is 6.61 Å². The zero-order valence-electron chi connectivity index (χ0n) is 11.8. The maximum absolute atomic E-state index is 11.9. The molecule has 1 aromatic carbocycles. The van der Waals surface area contributed by atoms with Gasteiger partial charge in [-0.3, -0.25) is 4.79 Å². The van der Waals surface area contributed by atoms with Gasteiger partial charge < -0.3 is 9.84 Å². The van der Waals surface area contributed by atoms with E-state index in [0.717, 1.165) is 17.7 Å². The Balaban J connectivity index is 2.72. The Hall–Kier alpha value is -1.00. The third-order valence-corrected chi connectivity index (χ3v) is 3.83. The molecule has 1 N–H and O–H groups in total. The monoisotopic (exact) mass is 282 g/mol. The number of thioether (sulfide) groups is 1. The normalized spacial score (nSPS) is 11.4. The fourth-order valence-electron chi connectivity index (χ4n) is 1.69. The Morgan fingerprint density at radius 1 is 1.42 bits per heavy atom. The first kappa shape index (κ1) is 16.1. The predicted molar refractivity (Wildman–Crippen MR) is 78.4 cm³/mol. The second-order valence-electron chi connectivity index (χ2n) is 4.81. The molecule has 106 valence electrons. The van der Waals surface area contributed by atoms with Gasteiger partial charge in [0.25, 0.3) is 0 Å². The summed E-state index contributed by atoms with van der Waals surface area (Å²) in [6.45, 7) is 6.16. The molecule has 1 rings (SSSR count). The average Bonchev–Trinajstić information content (AvgIpc) is 2.36. The summed E-state index contributed by atoms with van der Waals surface area (Å²) in [5.41, 5.74) is 1.18. The minimum Gasteiger partial charge on any atom is -0.465 e. The van der Waals surface area contributed by atoms with Gasteiger partial charge in [0.15, 0.2) is 0 Å². The number of carbonyl (C=O) groups excluding carboxylic acids is 1. The van der Waals surface area contributed by atoms with Crippen molar-refractivity contribution in [3.63, 3.8) is 0 Å². The fraction of sp³-hybridized carbons (Fsp3) is 0.533. The van der Waals surface area contributed by atoms with Crippen molar-refractivity contribution in [2.24, 2.45) is 0 Å². The molecule has 0 aliphatic rings. The summed E-state index contributed by atoms with van der Waals surface area (Å²) >= 11 is 1.50. The zero-order chi connectivity index (χ0) is 14.3. The van der Waals surface area contributed by atoms with Gasteiger partial charge in [0.2, 0.25) is 0 Å². The number of ether oxygens (including phenoxy) is 1. The van der Waals surface area contributed by atoms with Crippen molar-refractivity contribution in [1.82, 2.24) is 0 Å². The van der Waals surface area contributed by atoms with E-state index in [1.54, 1.807) is 0 Å². The van der Waals surface area contributed by atoms with Crippen LogP contribution < -0.4 is 0 Å². The molecule has 0 saturated carbocycles. The van der Waals surface area contributed by atoms with Crippen LogP contribution in [0.25, 0.3) is 0 Å². The van der Waals surface area contributed by atoms with E-state index in [4.69, 9.17) is 9.84 Å². The van der Waals surface area contributed by atoms with Crippen LogP contribution in [0.3, 0.4) is 0 Å². The first-order valence-electron chi connectivity index (χ1n) is 6.55. The van der Waals surface area contributed by atoms with E-state index in [-0.39, 0.29) is 12.6 Å². The van der Waals surface area contributed by atoms with Crippen LogP contribution in [0.4, 0.5) is 0 Å². The minimum absolute atomic E-state index is 0.194. The minimum atomic E-state index is -0.592. The fourth-order valence-corrected chi connectivity index (χ4v) is 2.78. The van der Waals surface area contributed by atoms with E-state index in [0.29, 0.717) is 6.61 Å². The smallest absolute Gasteiger partial charge is 0.321 e. The molecule has 0 radical (unpaired) electrons. The van der Waals surface area contributed by atoms with Crippen LogP contribution in [0.15, 0.2) is 29.2 Å². The highest BCUT2D eigenvalue weighted by Gasteiger charge is 2.30. The van der Waals surface area contributed by atoms with Crippen LogP contribution >= 0.6 is 11.8 Å². The highest BCUT2D eigenvalue weighted by atomic mass is 32.2. The van der Waals surface area contributed by atoms with Crippen LogP contribution in [0, 0.1) is 0 Å². The molecule has 0 aromatic heterocycles. The molecule has 0 amide bonds. The van der Waals surface area contributed by atoms with Gasteiger partial charge in [0, 0.05) is 11.5 Å². The number of aliphatic hydroxyl groups excluding tert-OH is 1. The number of aryl methyl sites for hydroxylation is 1. The van der Waals surface area contributed by atoms with Crippen molar-refractivity contribution in [3.05, 3.63) is 29.8 Å². The molecule has 0 heterocycles. The molecular weight excluding hydrogens is 260 g/mol. The highest BCUT2D eigenvalue weighted by Crippen LogP contribution is 2.34. The van der Waals surface area contributed by atoms with Crippen molar-refractivity contribution >= 4 is 17.7 Å². The van der Waals surface area contributed by atoms with E-state index < -0.39 is 4.75 Å². The molecule has 0 fully saturated rings. The van der Waals surface area contributed by atoms with Crippen LogP contribution in [0.2, 0.25) is 0 Å². The lowest BCUT2D eigenvalue weighted by atomic mass is 10.1. The molecule has 1 aromatic rings. The van der Waals surface area contributed by atoms with Gasteiger partial charge in [0.1, 0.15) is 4.75 Å². The number of aliphatic hydroxyl groups is 1. The lowest BCUT2D eigenvalue weighted by Crippen LogP contribution is -2.29. The molecule has 0 atom stereocenters. The number of esters is 1. The molecule has 0 bridgehead atoms. The van der Waals surface area contributed by atoms with Crippen molar-refractivity contribution in [3.8, 4) is 0 Å². The second kappa shape index (κ2) is 7.56. The number of hydrogen-bond acceptors (Lipinski definition) is 4. The standard InChI is InChI=1S/C15H22O3S/c1-4-18-14(17)15(2,3)19-13-9-5-7-12(11-13)8-6-10-16/h5,7,9,11,16H,4,6,8,10H2,1-3H3. The maximum atomic E-state index is 11.9. The Kier molecular flexibility index (Phi) is 6.38. The van der Waals surface area contributed by atoms with E-state index in [1.165, 1.54) is 17.3 Å². The van der Waals surface area contributed by atoms with E-state index in [1.807, 2.05) is 39.0 Å². The highest BCUT2D eigenvalue weighted by molar-refractivity contribution is 8.01. The van der Waals surface area contributed by atoms with Crippen molar-refractivity contribution in [2.75, 3.05) is 13.2 Å². The summed E-state index contributed by atoms with van der Waals surface area (Å²) in [5, 5.41) is 8.85. The Labute approximate surface area is 119 Å². The lowest BCUT2D eigenvalue weighted by molar-refractivity contribution is -0.145. The zero-order valence-corrected chi connectivity index (χ0v) is 12.6. The summed E-state index contributed by atoms with van der Waals surface area (Å²) in [4.78, 5) is 12.9. The Bertz CT molecular complexity index is 416. The Morgan fingerprint density at radius 3 is 2.79 bits per heavy atom. The van der Waals surface area contributed by atoms with Gasteiger partial charge in [-0.25, -0.2) is 0 Å². The third kappa shape index (κ3) is 5.25. The topological polar surface area (TPSA) is 46.5 Å². The van der Waals surface area contributed by atoms with Crippen molar-refractivity contribution in [1.29, 1.82) is 0 Å². The summed E-state index contributed by atoms with van der Waals surface area (Å²) < 4.78 is 4.49. The summed E-state index contributed by atoms with van der Waals surface area (Å²) in [6.07, 6.45) is 1.61. The predicted octanol–water partition coefficient (Wildman–Crippen LogP) is 3.05. The quantitative estimate of drug-likeness (QED) is 0.617. The molecule has 0 saturated heterocycles. The van der Waals surface area contributed by atoms with Crippen LogP contribution in [0.1, 0.15) is 32.8 Å². The first-order chi connectivity index (χ1) is 8.99. The van der Waals surface area contributed by atoms with Crippen LogP contribution in [0.5, 0.6) is 0 Å². The molecule has 0 aliphatic carbocycles. The first-order valence-corrected chi connectivity index (χ1v) is 7.37. The molecule has 0 unspecified atom stereocenters. The van der Waals surface area contributed by atoms with Gasteiger partial charge in [-0.2, -0.15) is 0 Å². The van der Waals surface area contributed by atoms with Gasteiger partial charge in [-0.1, -0.05) is 12.1 Å². The van der Waals surface area contributed by atoms with Gasteiger partial charge in [-0.15, -0.1) is 11.8 Å². The van der Waals surface area contributed by atoms with Crippen molar-refractivity contribution in [2.45, 2.75) is 43.3 Å². The molecular formula is C15H22O3S. The van der Waals surface area contributed by atoms with Crippen LogP contribution in [-0.2, 0) is 16.0 Å². The molecule has 0 spiro atoms. The van der Waals surface area contributed by atoms with Gasteiger partial charge in [-0.05, 0) is 51.3 Å². The Morgan fingerprint density at radius 2 is 2.16 bits per heavy atom. The number of carbonyl (C=O) groups is 1. The van der Waals surface area contributed by atoms with Crippen LogP contribution in [-0.4, -0.2) is 29.0 Å². The molecule has 4 heteroatoms. The molecule has 19 heavy (non-hydrogen) atoms.